The third kappa shape index (κ3) is 3.93. The van der Waals surface area contributed by atoms with E-state index in [1.807, 2.05) is 6.08 Å². The second-order valence-electron chi connectivity index (χ2n) is 3.74. The molecule has 0 aromatic carbocycles. The third-order valence-corrected chi connectivity index (χ3v) is 3.75. The molecule has 1 atom stereocenters. The summed E-state index contributed by atoms with van der Waals surface area (Å²) < 4.78 is 22.4. The number of hydrazine groups is 1. The van der Waals surface area contributed by atoms with Crippen molar-refractivity contribution < 1.29 is 8.42 Å². The van der Waals surface area contributed by atoms with Crippen molar-refractivity contribution in [3.8, 4) is 6.07 Å². The van der Waals surface area contributed by atoms with Gasteiger partial charge in [0, 0.05) is 0 Å². The smallest absolute Gasteiger partial charge is 0.223 e. The van der Waals surface area contributed by atoms with E-state index in [9.17, 15) is 8.42 Å². The van der Waals surface area contributed by atoms with Crippen LogP contribution in [0.1, 0.15) is 32.6 Å². The van der Waals surface area contributed by atoms with Gasteiger partial charge < -0.3 is 0 Å². The fourth-order valence-electron chi connectivity index (χ4n) is 1.55. The van der Waals surface area contributed by atoms with Crippen molar-refractivity contribution in [2.24, 2.45) is 0 Å². The zero-order chi connectivity index (χ0) is 12.0. The fourth-order valence-corrected chi connectivity index (χ4v) is 2.00. The van der Waals surface area contributed by atoms with Crippen molar-refractivity contribution >= 4 is 10.0 Å². The number of allylic oxidation sites excluding steroid dienone is 1. The van der Waals surface area contributed by atoms with E-state index >= 15 is 0 Å². The highest BCUT2D eigenvalue weighted by atomic mass is 32.2. The SMILES string of the molecule is CCS(=O)(=O)NNC(C#N)C1=CCCCC1. The number of rotatable bonds is 5. The standard InChI is InChI=1S/C10H17N3O2S/c1-2-16(14,15)13-12-10(8-11)9-6-4-3-5-7-9/h6,10,12-13H,2-5,7H2,1H3. The van der Waals surface area contributed by atoms with Crippen LogP contribution in [0, 0.1) is 11.3 Å². The van der Waals surface area contributed by atoms with E-state index < -0.39 is 16.1 Å². The Bertz CT molecular complexity index is 395. The van der Waals surface area contributed by atoms with Crippen molar-refractivity contribution in [2.75, 3.05) is 5.75 Å². The predicted octanol–water partition coefficient (Wildman–Crippen LogP) is 0.823. The van der Waals surface area contributed by atoms with Crippen molar-refractivity contribution in [1.82, 2.24) is 10.3 Å². The molecule has 16 heavy (non-hydrogen) atoms. The van der Waals surface area contributed by atoms with Crippen LogP contribution in [0.15, 0.2) is 11.6 Å². The van der Waals surface area contributed by atoms with Gasteiger partial charge in [0.25, 0.3) is 0 Å². The minimum atomic E-state index is -3.30. The zero-order valence-electron chi connectivity index (χ0n) is 9.36. The van der Waals surface area contributed by atoms with E-state index in [4.69, 9.17) is 5.26 Å². The van der Waals surface area contributed by atoms with Gasteiger partial charge in [-0.3, -0.25) is 0 Å². The van der Waals surface area contributed by atoms with E-state index in [1.165, 1.54) is 0 Å². The molecule has 0 heterocycles. The molecule has 0 spiro atoms. The third-order valence-electron chi connectivity index (χ3n) is 2.56. The summed E-state index contributed by atoms with van der Waals surface area (Å²) in [5.74, 6) is -0.00278. The van der Waals surface area contributed by atoms with Crippen molar-refractivity contribution in [2.45, 2.75) is 38.6 Å². The summed E-state index contributed by atoms with van der Waals surface area (Å²) >= 11 is 0. The molecule has 2 N–H and O–H groups in total. The minimum absolute atomic E-state index is 0.00278. The van der Waals surface area contributed by atoms with E-state index in [2.05, 4.69) is 16.3 Å². The second kappa shape index (κ2) is 5.99. The van der Waals surface area contributed by atoms with E-state index in [0.29, 0.717) is 0 Å². The largest absolute Gasteiger partial charge is 0.224 e. The molecule has 0 radical (unpaired) electrons. The fraction of sp³-hybridized carbons (Fsp3) is 0.700. The monoisotopic (exact) mass is 243 g/mol. The summed E-state index contributed by atoms with van der Waals surface area (Å²) in [7, 11) is -3.30. The van der Waals surface area contributed by atoms with Crippen LogP contribution in [0.3, 0.4) is 0 Å². The quantitative estimate of drug-likeness (QED) is 0.553. The van der Waals surface area contributed by atoms with Crippen LogP contribution in [0.25, 0.3) is 0 Å². The second-order valence-corrected chi connectivity index (χ2v) is 5.75. The summed E-state index contributed by atoms with van der Waals surface area (Å²) in [6.45, 7) is 1.55. The van der Waals surface area contributed by atoms with Gasteiger partial charge in [-0.2, -0.15) is 5.26 Å². The highest BCUT2D eigenvalue weighted by Crippen LogP contribution is 2.19. The maximum Gasteiger partial charge on any atom is 0.224 e. The maximum atomic E-state index is 11.2. The molecule has 0 aromatic heterocycles. The predicted molar refractivity (Wildman–Crippen MR) is 61.7 cm³/mol. The number of nitriles is 1. The van der Waals surface area contributed by atoms with Gasteiger partial charge in [0.2, 0.25) is 10.0 Å². The summed E-state index contributed by atoms with van der Waals surface area (Å²) in [5, 5.41) is 8.96. The lowest BCUT2D eigenvalue weighted by atomic mass is 9.95. The number of hydrogen-bond acceptors (Lipinski definition) is 4. The normalized spacial score (nSPS) is 18.6. The molecular formula is C10H17N3O2S. The Morgan fingerprint density at radius 3 is 2.81 bits per heavy atom. The number of nitrogens with zero attached hydrogens (tertiary/aromatic N) is 1. The Morgan fingerprint density at radius 2 is 2.31 bits per heavy atom. The molecule has 1 unspecified atom stereocenters. The molecule has 1 rings (SSSR count). The van der Waals surface area contributed by atoms with Gasteiger partial charge in [-0.1, -0.05) is 6.08 Å². The van der Waals surface area contributed by atoms with Crippen LogP contribution in [0.5, 0.6) is 0 Å². The Morgan fingerprint density at radius 1 is 1.56 bits per heavy atom. The Hall–Kier alpha value is -0.900. The first-order valence-electron chi connectivity index (χ1n) is 5.42. The molecule has 90 valence electrons. The molecule has 0 bridgehead atoms. The first-order chi connectivity index (χ1) is 7.59. The van der Waals surface area contributed by atoms with Gasteiger partial charge in [0.1, 0.15) is 6.04 Å². The van der Waals surface area contributed by atoms with Crippen LogP contribution in [-0.2, 0) is 10.0 Å². The molecule has 0 saturated heterocycles. The Labute approximate surface area is 96.6 Å². The van der Waals surface area contributed by atoms with Crippen LogP contribution in [-0.4, -0.2) is 20.2 Å². The summed E-state index contributed by atoms with van der Waals surface area (Å²) in [5.41, 5.74) is 3.54. The lowest BCUT2D eigenvalue weighted by Crippen LogP contribution is -2.45. The summed E-state index contributed by atoms with van der Waals surface area (Å²) in [6, 6.07) is 1.51. The average molecular weight is 243 g/mol. The van der Waals surface area contributed by atoms with Gasteiger partial charge in [0.05, 0.1) is 11.8 Å². The molecule has 0 aromatic rings. The number of nitrogens with one attached hydrogen (secondary N) is 2. The van der Waals surface area contributed by atoms with Crippen molar-refractivity contribution in [3.63, 3.8) is 0 Å². The first kappa shape index (κ1) is 13.2. The lowest BCUT2D eigenvalue weighted by molar-refractivity contribution is 0.537. The summed E-state index contributed by atoms with van der Waals surface area (Å²) in [4.78, 5) is 2.22. The Balaban J connectivity index is 2.57. The van der Waals surface area contributed by atoms with Gasteiger partial charge in [0.15, 0.2) is 0 Å². The molecule has 0 aliphatic heterocycles. The molecule has 0 saturated carbocycles. The molecule has 5 nitrogen and oxygen atoms in total. The van der Waals surface area contributed by atoms with Crippen LogP contribution in [0.2, 0.25) is 0 Å². The molecule has 1 aliphatic carbocycles. The molecule has 0 fully saturated rings. The molecule has 1 aliphatic rings. The average Bonchev–Trinajstić information content (AvgIpc) is 2.31. The van der Waals surface area contributed by atoms with E-state index in [1.54, 1.807) is 6.92 Å². The molecular weight excluding hydrogens is 226 g/mol. The first-order valence-corrected chi connectivity index (χ1v) is 7.08. The number of sulfonamides is 1. The molecule has 0 amide bonds. The van der Waals surface area contributed by atoms with Crippen molar-refractivity contribution in [3.05, 3.63) is 11.6 Å². The zero-order valence-corrected chi connectivity index (χ0v) is 10.2. The lowest BCUT2D eigenvalue weighted by Gasteiger charge is -2.18. The van der Waals surface area contributed by atoms with Crippen LogP contribution < -0.4 is 10.3 Å². The van der Waals surface area contributed by atoms with Crippen molar-refractivity contribution in [1.29, 1.82) is 5.26 Å². The highest BCUT2D eigenvalue weighted by Gasteiger charge is 2.17. The topological polar surface area (TPSA) is 82.0 Å². The van der Waals surface area contributed by atoms with Gasteiger partial charge in [-0.05, 0) is 38.2 Å². The van der Waals surface area contributed by atoms with Gasteiger partial charge in [-0.15, -0.1) is 4.83 Å². The molecule has 6 heteroatoms. The van der Waals surface area contributed by atoms with E-state index in [0.717, 1.165) is 31.3 Å². The van der Waals surface area contributed by atoms with Crippen LogP contribution in [0.4, 0.5) is 0 Å². The Kier molecular flexibility index (Phi) is 4.93. The number of hydrogen-bond donors (Lipinski definition) is 2. The summed E-state index contributed by atoms with van der Waals surface area (Å²) in [6.07, 6.45) is 6.05. The van der Waals surface area contributed by atoms with Gasteiger partial charge >= 0.3 is 0 Å². The maximum absolute atomic E-state index is 11.2. The van der Waals surface area contributed by atoms with E-state index in [-0.39, 0.29) is 5.75 Å². The van der Waals surface area contributed by atoms with Gasteiger partial charge in [-0.25, -0.2) is 13.8 Å². The minimum Gasteiger partial charge on any atom is -0.223 e. The highest BCUT2D eigenvalue weighted by molar-refractivity contribution is 7.89. The van der Waals surface area contributed by atoms with Crippen LogP contribution >= 0.6 is 0 Å².